The maximum atomic E-state index is 11.1. The van der Waals surface area contributed by atoms with Crippen molar-refractivity contribution in [3.05, 3.63) is 17.8 Å². The maximum Gasteiger partial charge on any atom is 0.360 e. The van der Waals surface area contributed by atoms with E-state index in [0.717, 1.165) is 6.39 Å². The van der Waals surface area contributed by atoms with Crippen molar-refractivity contribution in [2.75, 3.05) is 13.7 Å². The van der Waals surface area contributed by atoms with Crippen LogP contribution in [-0.4, -0.2) is 35.7 Å². The summed E-state index contributed by atoms with van der Waals surface area (Å²) in [6.45, 7) is -0.613. The normalized spacial score (nSPS) is 9.93. The Morgan fingerprint density at radius 1 is 1.60 bits per heavy atom. The monoisotopic (exact) mass is 215 g/mol. The molecule has 0 amide bonds. The maximum absolute atomic E-state index is 11.1. The number of oxazole rings is 1. The van der Waals surface area contributed by atoms with Crippen LogP contribution in [0.5, 0.6) is 0 Å². The number of hydrogen-bond donors (Lipinski definition) is 1. The molecular weight excluding hydrogens is 206 g/mol. The summed E-state index contributed by atoms with van der Waals surface area (Å²) < 4.78 is 14.0. The number of carboxylic acid groups (broad SMARTS) is 1. The van der Waals surface area contributed by atoms with Crippen molar-refractivity contribution in [2.45, 2.75) is 6.61 Å². The average molecular weight is 215 g/mol. The van der Waals surface area contributed by atoms with Crippen molar-refractivity contribution in [1.29, 1.82) is 0 Å². The van der Waals surface area contributed by atoms with Gasteiger partial charge in [0.1, 0.15) is 13.2 Å². The third kappa shape index (κ3) is 3.06. The van der Waals surface area contributed by atoms with Gasteiger partial charge in [-0.05, 0) is 0 Å². The van der Waals surface area contributed by atoms with Crippen LogP contribution in [0.3, 0.4) is 0 Å². The van der Waals surface area contributed by atoms with E-state index in [1.54, 1.807) is 0 Å². The first-order valence-corrected chi connectivity index (χ1v) is 3.95. The third-order valence-corrected chi connectivity index (χ3v) is 1.48. The molecule has 0 radical (unpaired) electrons. The fourth-order valence-electron chi connectivity index (χ4n) is 0.867. The molecular formula is C8H9NO6. The summed E-state index contributed by atoms with van der Waals surface area (Å²) in [4.78, 5) is 24.8. The fourth-order valence-corrected chi connectivity index (χ4v) is 0.867. The molecule has 0 aliphatic rings. The second-order valence-electron chi connectivity index (χ2n) is 2.50. The van der Waals surface area contributed by atoms with Crippen molar-refractivity contribution in [1.82, 2.24) is 4.98 Å². The number of nitrogens with zero attached hydrogens (tertiary/aromatic N) is 1. The molecule has 1 rings (SSSR count). The van der Waals surface area contributed by atoms with E-state index in [1.807, 2.05) is 0 Å². The van der Waals surface area contributed by atoms with Crippen LogP contribution >= 0.6 is 0 Å². The summed E-state index contributed by atoms with van der Waals surface area (Å²) in [5.74, 6) is -1.62. The highest BCUT2D eigenvalue weighted by atomic mass is 16.5. The lowest BCUT2D eigenvalue weighted by Gasteiger charge is -1.99. The first-order chi connectivity index (χ1) is 7.15. The van der Waals surface area contributed by atoms with E-state index in [-0.39, 0.29) is 18.1 Å². The Kier molecular flexibility index (Phi) is 3.81. The van der Waals surface area contributed by atoms with Crippen LogP contribution in [0.4, 0.5) is 0 Å². The van der Waals surface area contributed by atoms with Gasteiger partial charge in [-0.25, -0.2) is 14.6 Å². The fraction of sp³-hybridized carbons (Fsp3) is 0.375. The number of carbonyl (C=O) groups excluding carboxylic acids is 1. The largest absolute Gasteiger partial charge is 0.480 e. The number of hydrogen-bond acceptors (Lipinski definition) is 6. The van der Waals surface area contributed by atoms with Gasteiger partial charge in [0.25, 0.3) is 0 Å². The predicted octanol–water partition coefficient (Wildman–Crippen LogP) is 0.0624. The number of methoxy groups -OCH3 is 1. The average Bonchev–Trinajstić information content (AvgIpc) is 2.64. The molecule has 1 aromatic rings. The third-order valence-electron chi connectivity index (χ3n) is 1.48. The Labute approximate surface area is 84.6 Å². The van der Waals surface area contributed by atoms with Crippen LogP contribution in [0.25, 0.3) is 0 Å². The van der Waals surface area contributed by atoms with Crippen LogP contribution in [0.1, 0.15) is 16.2 Å². The summed E-state index contributed by atoms with van der Waals surface area (Å²) in [5, 5.41) is 8.30. The summed E-state index contributed by atoms with van der Waals surface area (Å²) in [6, 6.07) is 0. The van der Waals surface area contributed by atoms with Gasteiger partial charge in [0.05, 0.1) is 7.11 Å². The number of esters is 1. The van der Waals surface area contributed by atoms with Gasteiger partial charge in [-0.3, -0.25) is 0 Å². The van der Waals surface area contributed by atoms with E-state index in [2.05, 4.69) is 9.72 Å². The molecule has 0 spiro atoms. The van der Waals surface area contributed by atoms with Gasteiger partial charge >= 0.3 is 11.9 Å². The number of rotatable bonds is 5. The molecule has 0 bridgehead atoms. The summed E-state index contributed by atoms with van der Waals surface area (Å²) in [7, 11) is 1.21. The lowest BCUT2D eigenvalue weighted by atomic mass is 10.3. The molecule has 15 heavy (non-hydrogen) atoms. The van der Waals surface area contributed by atoms with Gasteiger partial charge < -0.3 is 19.0 Å². The van der Waals surface area contributed by atoms with E-state index < -0.39 is 18.5 Å². The summed E-state index contributed by atoms with van der Waals surface area (Å²) in [5.41, 5.74) is -0.0112. The first kappa shape index (κ1) is 11.2. The molecule has 0 saturated carbocycles. The van der Waals surface area contributed by atoms with Crippen LogP contribution in [0.2, 0.25) is 0 Å². The van der Waals surface area contributed by atoms with E-state index in [1.165, 1.54) is 7.11 Å². The van der Waals surface area contributed by atoms with E-state index >= 15 is 0 Å². The molecule has 7 heteroatoms. The highest BCUT2D eigenvalue weighted by molar-refractivity contribution is 5.88. The first-order valence-electron chi connectivity index (χ1n) is 3.95. The van der Waals surface area contributed by atoms with Crippen LogP contribution in [-0.2, 0) is 20.9 Å². The Hall–Kier alpha value is -1.89. The number of carbonyl (C=O) groups is 2. The molecule has 0 fully saturated rings. The lowest BCUT2D eigenvalue weighted by Crippen LogP contribution is -2.09. The Morgan fingerprint density at radius 2 is 2.33 bits per heavy atom. The Bertz CT molecular complexity index is 358. The molecule has 0 saturated heterocycles. The molecule has 82 valence electrons. The van der Waals surface area contributed by atoms with Crippen LogP contribution in [0, 0.1) is 0 Å². The minimum atomic E-state index is -1.10. The molecule has 0 aliphatic heterocycles. The van der Waals surface area contributed by atoms with Crippen molar-refractivity contribution >= 4 is 11.9 Å². The number of aliphatic carboxylic acids is 1. The van der Waals surface area contributed by atoms with Gasteiger partial charge in [0, 0.05) is 0 Å². The number of ether oxygens (including phenoxy) is 2. The van der Waals surface area contributed by atoms with Crippen molar-refractivity contribution in [3.63, 3.8) is 0 Å². The molecule has 1 N–H and O–H groups in total. The second kappa shape index (κ2) is 5.11. The molecule has 0 aromatic carbocycles. The van der Waals surface area contributed by atoms with Crippen molar-refractivity contribution in [3.8, 4) is 0 Å². The molecule has 0 aliphatic carbocycles. The summed E-state index contributed by atoms with van der Waals surface area (Å²) in [6.07, 6.45) is 1.06. The molecule has 1 heterocycles. The molecule has 1 aromatic heterocycles. The van der Waals surface area contributed by atoms with Gasteiger partial charge in [0.2, 0.25) is 0 Å². The SMILES string of the molecule is COC(=O)c1ncoc1COCC(=O)O. The summed E-state index contributed by atoms with van der Waals surface area (Å²) >= 11 is 0. The Balaban J connectivity index is 2.57. The molecule has 0 unspecified atom stereocenters. The van der Waals surface area contributed by atoms with Crippen molar-refractivity contribution < 1.29 is 28.6 Å². The van der Waals surface area contributed by atoms with Gasteiger partial charge in [0.15, 0.2) is 17.8 Å². The lowest BCUT2D eigenvalue weighted by molar-refractivity contribution is -0.142. The zero-order valence-electron chi connectivity index (χ0n) is 7.93. The standard InChI is InChI=1S/C8H9NO6/c1-13-8(12)7-5(15-4-9-7)2-14-3-6(10)11/h4H,2-3H2,1H3,(H,10,11). The Morgan fingerprint density at radius 3 is 2.93 bits per heavy atom. The number of aromatic nitrogens is 1. The van der Waals surface area contributed by atoms with Crippen LogP contribution < -0.4 is 0 Å². The zero-order valence-corrected chi connectivity index (χ0v) is 7.93. The molecule has 0 atom stereocenters. The minimum Gasteiger partial charge on any atom is -0.480 e. The van der Waals surface area contributed by atoms with Gasteiger partial charge in [-0.15, -0.1) is 0 Å². The molecule has 7 nitrogen and oxygen atoms in total. The zero-order chi connectivity index (χ0) is 11.3. The highest BCUT2D eigenvalue weighted by Crippen LogP contribution is 2.09. The van der Waals surface area contributed by atoms with Crippen molar-refractivity contribution in [2.24, 2.45) is 0 Å². The second-order valence-corrected chi connectivity index (χ2v) is 2.50. The minimum absolute atomic E-state index is 0.0112. The van der Waals surface area contributed by atoms with E-state index in [0.29, 0.717) is 0 Å². The van der Waals surface area contributed by atoms with Crippen LogP contribution in [0.15, 0.2) is 10.8 Å². The number of carboxylic acids is 1. The van der Waals surface area contributed by atoms with E-state index in [9.17, 15) is 9.59 Å². The topological polar surface area (TPSA) is 98.9 Å². The highest BCUT2D eigenvalue weighted by Gasteiger charge is 2.17. The quantitative estimate of drug-likeness (QED) is 0.693. The predicted molar refractivity (Wildman–Crippen MR) is 45.1 cm³/mol. The van der Waals surface area contributed by atoms with E-state index in [4.69, 9.17) is 14.3 Å². The van der Waals surface area contributed by atoms with Gasteiger partial charge in [-0.2, -0.15) is 0 Å². The smallest absolute Gasteiger partial charge is 0.360 e. The van der Waals surface area contributed by atoms with Gasteiger partial charge in [-0.1, -0.05) is 0 Å².